The molecule has 5 aliphatic rings. The maximum Gasteiger partial charge on any atom is 0.271 e. The quantitative estimate of drug-likeness (QED) is 0.141. The lowest BCUT2D eigenvalue weighted by Crippen LogP contribution is -2.20. The Morgan fingerprint density at radius 1 is 0.388 bits per heavy atom. The van der Waals surface area contributed by atoms with Crippen molar-refractivity contribution in [3.05, 3.63) is 218 Å². The summed E-state index contributed by atoms with van der Waals surface area (Å²) in [6, 6.07) is 13.8. The van der Waals surface area contributed by atoms with Gasteiger partial charge in [-0.15, -0.1) is 40.8 Å². The first-order valence-electron chi connectivity index (χ1n) is 33.9. The lowest BCUT2D eigenvalue weighted by molar-refractivity contribution is 0.0173. The van der Waals surface area contributed by atoms with Gasteiger partial charge in [-0.25, -0.2) is 30.7 Å². The van der Waals surface area contributed by atoms with Gasteiger partial charge in [0.1, 0.15) is 69.9 Å². The molecule has 0 spiro atoms. The third kappa shape index (κ3) is 12.9. The van der Waals surface area contributed by atoms with E-state index in [1.165, 1.54) is 30.7 Å². The topological polar surface area (TPSA) is 193 Å². The molecule has 0 atom stereocenters. The lowest BCUT2D eigenvalue weighted by atomic mass is 9.91. The van der Waals surface area contributed by atoms with Crippen LogP contribution in [0.15, 0.2) is 98.1 Å². The van der Waals surface area contributed by atoms with Gasteiger partial charge in [0.05, 0.1) is 40.3 Å². The maximum absolute atomic E-state index is 15.2. The van der Waals surface area contributed by atoms with Crippen molar-refractivity contribution < 1.29 is 30.7 Å². The van der Waals surface area contributed by atoms with Crippen LogP contribution >= 0.6 is 0 Å². The number of halogens is 7. The third-order valence-corrected chi connectivity index (χ3v) is 19.5. The molecule has 13 heterocycles. The van der Waals surface area contributed by atoms with Gasteiger partial charge in [-0.05, 0) is 197 Å². The van der Waals surface area contributed by atoms with E-state index in [0.717, 1.165) is 143 Å². The fraction of sp³-hybridized carbons (Fsp3) is 0.325. The van der Waals surface area contributed by atoms with E-state index in [1.54, 1.807) is 59.8 Å². The Kier molecular flexibility index (Phi) is 19.2. The van der Waals surface area contributed by atoms with Crippen LogP contribution in [-0.2, 0) is 57.3 Å². The fourth-order valence-electron chi connectivity index (χ4n) is 15.2. The molecule has 1 N–H and O–H groups in total. The molecule has 0 radical (unpaired) electrons. The van der Waals surface area contributed by atoms with Gasteiger partial charge in [0.2, 0.25) is 0 Å². The maximum atomic E-state index is 15.2. The van der Waals surface area contributed by atoms with Crippen LogP contribution in [0, 0.1) is 77.6 Å². The highest BCUT2D eigenvalue weighted by Crippen LogP contribution is 2.43. The summed E-state index contributed by atoms with van der Waals surface area (Å²) in [6.45, 7) is 15.4. The number of alkyl halides is 2. The predicted molar refractivity (Wildman–Crippen MR) is 383 cm³/mol. The smallest absolute Gasteiger partial charge is 0.271 e. The van der Waals surface area contributed by atoms with Crippen LogP contribution in [0.5, 0.6) is 0 Å². The van der Waals surface area contributed by atoms with Crippen molar-refractivity contribution in [2.24, 2.45) is 0 Å². The highest BCUT2D eigenvalue weighted by molar-refractivity contribution is 5.83. The molecular formula is C77H78F7N19. The predicted octanol–water partition coefficient (Wildman–Crippen LogP) is 15.0. The number of pyridine rings is 4. The molecule has 1 saturated heterocycles. The van der Waals surface area contributed by atoms with Crippen molar-refractivity contribution in [3.63, 3.8) is 0 Å². The molecule has 0 aliphatic carbocycles. The Bertz CT molecular complexity index is 5270. The fourth-order valence-corrected chi connectivity index (χ4v) is 15.2. The van der Waals surface area contributed by atoms with Crippen LogP contribution in [0.25, 0.3) is 67.3 Å². The van der Waals surface area contributed by atoms with E-state index < -0.39 is 11.7 Å². The molecule has 0 saturated carbocycles. The van der Waals surface area contributed by atoms with Crippen molar-refractivity contribution in [1.82, 2.24) is 79.0 Å². The number of hydrogen-bond acceptors (Lipinski definition) is 15. The van der Waals surface area contributed by atoms with E-state index in [0.29, 0.717) is 105 Å². The van der Waals surface area contributed by atoms with E-state index >= 15 is 8.78 Å². The minimum Gasteiger partial charge on any atom is -0.387 e. The molecule has 26 heteroatoms. The molecule has 12 aromatic rings. The molecule has 103 heavy (non-hydrogen) atoms. The largest absolute Gasteiger partial charge is 0.387 e. The molecule has 1 fully saturated rings. The zero-order chi connectivity index (χ0) is 71.7. The van der Waals surface area contributed by atoms with Crippen molar-refractivity contribution in [1.29, 1.82) is 0 Å². The molecule has 5 aliphatic heterocycles. The molecule has 19 nitrogen and oxygen atoms in total. The average Bonchev–Trinajstić information content (AvgIpc) is 1.76. The minimum absolute atomic E-state index is 0. The molecule has 0 unspecified atom stereocenters. The Hall–Kier alpha value is -11.1. The summed E-state index contributed by atoms with van der Waals surface area (Å²) >= 11 is 0. The number of benzene rings is 4. The van der Waals surface area contributed by atoms with Crippen molar-refractivity contribution >= 4 is 17.1 Å². The SMILES string of the molecule is C.CNc1c(C)cncc1-c1cc(F)c2c(c1)CCc1nnc(C)n1-2.Cc1cncc(-c2cc(F)c3c(c2)CCc2nnc(C)n2-3)c1C(C)(F)F.Cc1cncc(-c2cc(F)c3c(c2)CCc2nnc(C)n2-3)c1N(C)C.Cc1nnc2n1-c1c(F)cc(-c3cncc(F)c3N3CCCC3)cc1CC2. The molecule has 17 rings (SSSR count). The van der Waals surface area contributed by atoms with E-state index in [1.807, 2.05) is 93.2 Å². The lowest BCUT2D eigenvalue weighted by Gasteiger charge is -2.24. The number of hydrogen-bond donors (Lipinski definition) is 1. The summed E-state index contributed by atoms with van der Waals surface area (Å²) in [5.41, 5.74) is 16.1. The zero-order valence-electron chi connectivity index (χ0n) is 58.4. The second kappa shape index (κ2) is 28.1. The van der Waals surface area contributed by atoms with Gasteiger partial charge in [-0.1, -0.05) is 7.43 Å². The van der Waals surface area contributed by atoms with E-state index in [4.69, 9.17) is 0 Å². The standard InChI is InChI=1S/C20H19F2N5.C19H17F3N4.C19H20FN5.C18H18FN5.CH4/c1-12-24-25-18-5-4-13-8-14(9-16(21)19(13)27(12)18)15-10-23-11-17(22)20(15)26-6-2-3-7-26;1-10-8-23-9-14(17(10)19(3,21)22)13-6-12-4-5-16-25-24-11(2)26(16)18(12)15(20)7-13;1-11-9-21-10-15(18(11)24(3)4)14-7-13-5-6-17-23-22-12(2)25(17)19(13)16(20)8-14;1-10-8-21-9-14(17(10)20-3)13-6-12-4-5-16-23-22-11(2)24(16)18(12)15(19)7-13;/h8-11H,2-7H2,1H3;6-9H,4-5H2,1-3H3;7-10H,5-6H2,1-4H3;6-9H,4-5H2,1-3H3,(H,20,21);1H4. The van der Waals surface area contributed by atoms with Gasteiger partial charge in [-0.2, -0.15) is 0 Å². The summed E-state index contributed by atoms with van der Waals surface area (Å²) in [6.07, 6.45) is 20.6. The molecular weight excluding hydrogens is 1320 g/mol. The van der Waals surface area contributed by atoms with E-state index in [2.05, 4.69) is 78.2 Å². The zero-order valence-corrected chi connectivity index (χ0v) is 58.4. The monoisotopic (exact) mass is 1400 g/mol. The van der Waals surface area contributed by atoms with Gasteiger partial charge >= 0.3 is 0 Å². The first-order valence-corrected chi connectivity index (χ1v) is 33.9. The van der Waals surface area contributed by atoms with Crippen molar-refractivity contribution in [2.45, 2.75) is 133 Å². The second-order valence-corrected chi connectivity index (χ2v) is 26.7. The Balaban J connectivity index is 0.000000122. The van der Waals surface area contributed by atoms with Gasteiger partial charge in [0.15, 0.2) is 5.82 Å². The summed E-state index contributed by atoms with van der Waals surface area (Å²) < 4.78 is 110. The normalized spacial score (nSPS) is 13.6. The van der Waals surface area contributed by atoms with Crippen LogP contribution in [0.1, 0.15) is 118 Å². The van der Waals surface area contributed by atoms with Crippen LogP contribution < -0.4 is 15.1 Å². The highest BCUT2D eigenvalue weighted by atomic mass is 19.3. The Morgan fingerprint density at radius 3 is 1.13 bits per heavy atom. The van der Waals surface area contributed by atoms with Crippen molar-refractivity contribution in [3.8, 4) is 67.3 Å². The second-order valence-electron chi connectivity index (χ2n) is 26.7. The summed E-state index contributed by atoms with van der Waals surface area (Å²) in [5, 5.41) is 36.0. The first-order chi connectivity index (χ1) is 49.0. The molecule has 530 valence electrons. The first kappa shape index (κ1) is 70.4. The molecule has 8 aromatic heterocycles. The van der Waals surface area contributed by atoms with Crippen LogP contribution in [-0.4, -0.2) is 113 Å². The number of aryl methyl sites for hydroxylation is 15. The van der Waals surface area contributed by atoms with E-state index in [-0.39, 0.29) is 41.8 Å². The van der Waals surface area contributed by atoms with E-state index in [9.17, 15) is 22.0 Å². The van der Waals surface area contributed by atoms with Gasteiger partial charge < -0.3 is 15.1 Å². The third-order valence-electron chi connectivity index (χ3n) is 19.5. The summed E-state index contributed by atoms with van der Waals surface area (Å²) in [5.74, 6) is 1.09. The number of nitrogens with one attached hydrogen (secondary N) is 1. The molecule has 4 aromatic carbocycles. The van der Waals surface area contributed by atoms with Crippen LogP contribution in [0.2, 0.25) is 0 Å². The van der Waals surface area contributed by atoms with Gasteiger partial charge in [0.25, 0.3) is 5.92 Å². The number of nitrogens with zero attached hydrogens (tertiary/aromatic N) is 18. The summed E-state index contributed by atoms with van der Waals surface area (Å²) in [4.78, 5) is 20.7. The van der Waals surface area contributed by atoms with Crippen molar-refractivity contribution in [2.75, 3.05) is 49.3 Å². The summed E-state index contributed by atoms with van der Waals surface area (Å²) in [7, 11) is 5.86. The molecule has 0 amide bonds. The number of fused-ring (bicyclic) bond motifs is 12. The number of aromatic nitrogens is 16. The minimum atomic E-state index is -3.05. The number of anilines is 3. The Labute approximate surface area is 592 Å². The highest BCUT2D eigenvalue weighted by Gasteiger charge is 2.34. The van der Waals surface area contributed by atoms with Gasteiger partial charge in [0, 0.05) is 144 Å². The van der Waals surface area contributed by atoms with Gasteiger partial charge in [-0.3, -0.25) is 38.2 Å². The number of rotatable bonds is 8. The van der Waals surface area contributed by atoms with Crippen LogP contribution in [0.3, 0.4) is 0 Å². The van der Waals surface area contributed by atoms with Crippen LogP contribution in [0.4, 0.5) is 47.8 Å². The molecule has 0 bridgehead atoms. The average molecular weight is 1400 g/mol. The Morgan fingerprint density at radius 2 is 0.728 bits per heavy atom.